The third-order valence-electron chi connectivity index (χ3n) is 6.35. The number of nitrogens with one attached hydrogen (secondary N) is 1. The van der Waals surface area contributed by atoms with Crippen LogP contribution < -0.4 is 10.2 Å². The molecule has 2 N–H and O–H groups in total. The molecule has 4 rings (SSSR count). The molecule has 8 heteroatoms. The monoisotopic (exact) mass is 474 g/mol. The van der Waals surface area contributed by atoms with Gasteiger partial charge in [-0.05, 0) is 43.0 Å². The van der Waals surface area contributed by atoms with Crippen LogP contribution in [0.25, 0.3) is 0 Å². The van der Waals surface area contributed by atoms with E-state index in [0.29, 0.717) is 5.02 Å². The number of carboxylic acids is 1. The van der Waals surface area contributed by atoms with Gasteiger partial charge in [-0.25, -0.2) is 4.90 Å². The largest absolute Gasteiger partial charge is 0.480 e. The summed E-state index contributed by atoms with van der Waals surface area (Å²) in [5.41, 5.74) is 0.447. The van der Waals surface area contributed by atoms with Crippen LogP contribution in [0.3, 0.4) is 0 Å². The van der Waals surface area contributed by atoms with Crippen LogP contribution in [-0.2, 0) is 14.4 Å². The van der Waals surface area contributed by atoms with Crippen LogP contribution in [0, 0.1) is 24.7 Å². The number of rotatable bonds is 5. The quantitative estimate of drug-likeness (QED) is 0.617. The molecule has 32 heavy (non-hydrogen) atoms. The number of nitrogens with zero attached hydrogens (tertiary/aromatic N) is 1. The summed E-state index contributed by atoms with van der Waals surface area (Å²) in [4.78, 5) is 41.0. The fourth-order valence-electron chi connectivity index (χ4n) is 5.08. The summed E-state index contributed by atoms with van der Waals surface area (Å²) in [7, 11) is 0. The van der Waals surface area contributed by atoms with E-state index in [0.717, 1.165) is 16.0 Å². The molecule has 0 unspecified atom stereocenters. The maximum Gasteiger partial charge on any atom is 0.324 e. The second-order valence-electron chi connectivity index (χ2n) is 9.02. The average Bonchev–Trinajstić information content (AvgIpc) is 3.18. The number of halogens is 2. The zero-order valence-electron chi connectivity index (χ0n) is 17.9. The molecule has 0 radical (unpaired) electrons. The normalized spacial score (nSPS) is 27.3. The molecule has 2 aromatic rings. The Hall–Kier alpha value is -2.41. The van der Waals surface area contributed by atoms with E-state index in [9.17, 15) is 19.5 Å². The number of fused-ring (bicyclic) bond motifs is 1. The lowest BCUT2D eigenvalue weighted by molar-refractivity contribution is -0.149. The number of imide groups is 1. The third-order valence-corrected chi connectivity index (χ3v) is 6.89. The zero-order chi connectivity index (χ0) is 23.4. The maximum absolute atomic E-state index is 13.7. The first kappa shape index (κ1) is 22.8. The first-order chi connectivity index (χ1) is 15.1. The lowest BCUT2D eigenvalue weighted by Gasteiger charge is -2.32. The summed E-state index contributed by atoms with van der Waals surface area (Å²) < 4.78 is 0. The Morgan fingerprint density at radius 2 is 1.78 bits per heavy atom. The summed E-state index contributed by atoms with van der Waals surface area (Å²) >= 11 is 12.3. The Kier molecular flexibility index (Phi) is 5.82. The van der Waals surface area contributed by atoms with Crippen LogP contribution in [0.5, 0.6) is 0 Å². The molecule has 2 fully saturated rings. The predicted molar refractivity (Wildman–Crippen MR) is 123 cm³/mol. The van der Waals surface area contributed by atoms with Gasteiger partial charge in [-0.1, -0.05) is 66.9 Å². The highest BCUT2D eigenvalue weighted by Gasteiger charge is 2.68. The molecule has 0 bridgehead atoms. The van der Waals surface area contributed by atoms with Crippen molar-refractivity contribution >= 4 is 46.7 Å². The van der Waals surface area contributed by atoms with Crippen molar-refractivity contribution in [3.05, 3.63) is 63.6 Å². The minimum Gasteiger partial charge on any atom is -0.480 e. The highest BCUT2D eigenvalue weighted by atomic mass is 35.5. The van der Waals surface area contributed by atoms with E-state index in [-0.39, 0.29) is 23.0 Å². The summed E-state index contributed by atoms with van der Waals surface area (Å²) in [5, 5.41) is 14.1. The highest BCUT2D eigenvalue weighted by Crippen LogP contribution is 2.52. The molecular weight excluding hydrogens is 451 g/mol. The van der Waals surface area contributed by atoms with Crippen molar-refractivity contribution in [1.82, 2.24) is 5.32 Å². The van der Waals surface area contributed by atoms with E-state index < -0.39 is 41.2 Å². The van der Waals surface area contributed by atoms with E-state index in [1.54, 1.807) is 6.07 Å². The van der Waals surface area contributed by atoms with Crippen LogP contribution in [-0.4, -0.2) is 28.4 Å². The molecule has 6 nitrogen and oxygen atoms in total. The number of anilines is 1. The minimum absolute atomic E-state index is 0.0212. The molecule has 0 aliphatic carbocycles. The molecule has 0 aromatic heterocycles. The number of carbonyl (C=O) groups excluding carboxylic acids is 2. The fourth-order valence-corrected chi connectivity index (χ4v) is 5.57. The van der Waals surface area contributed by atoms with Gasteiger partial charge in [0.15, 0.2) is 0 Å². The maximum atomic E-state index is 13.7. The predicted octanol–water partition coefficient (Wildman–Crippen LogP) is 4.62. The second-order valence-corrected chi connectivity index (χ2v) is 9.86. The summed E-state index contributed by atoms with van der Waals surface area (Å²) in [6, 6.07) is 11.4. The number of amides is 2. The Balaban J connectivity index is 1.88. The SMILES string of the molecule is Cc1ccc([C@@H]2N[C@](CC(C)C)(C(=O)O)[C@@H]3C(=O)N(c4ccc(Cl)cc4Cl)C(=O)[C@@H]32)cc1. The summed E-state index contributed by atoms with van der Waals surface area (Å²) in [5.74, 6) is -4.11. The van der Waals surface area contributed by atoms with E-state index in [1.807, 2.05) is 45.0 Å². The van der Waals surface area contributed by atoms with Gasteiger partial charge in [-0.3, -0.25) is 19.7 Å². The topological polar surface area (TPSA) is 86.7 Å². The molecule has 2 aliphatic rings. The number of benzene rings is 2. The van der Waals surface area contributed by atoms with Crippen molar-refractivity contribution in [2.45, 2.75) is 38.8 Å². The molecule has 2 aromatic carbocycles. The van der Waals surface area contributed by atoms with Gasteiger partial charge in [0.1, 0.15) is 5.54 Å². The smallest absolute Gasteiger partial charge is 0.324 e. The van der Waals surface area contributed by atoms with Crippen LogP contribution >= 0.6 is 23.2 Å². The number of hydrogen-bond acceptors (Lipinski definition) is 4. The molecule has 4 atom stereocenters. The molecule has 2 saturated heterocycles. The molecule has 0 spiro atoms. The van der Waals surface area contributed by atoms with Crippen molar-refractivity contribution in [1.29, 1.82) is 0 Å². The van der Waals surface area contributed by atoms with Crippen molar-refractivity contribution in [3.8, 4) is 0 Å². The van der Waals surface area contributed by atoms with Gasteiger partial charge in [0, 0.05) is 11.1 Å². The average molecular weight is 475 g/mol. The Labute approximate surface area is 196 Å². The van der Waals surface area contributed by atoms with Gasteiger partial charge in [0.25, 0.3) is 0 Å². The van der Waals surface area contributed by atoms with Crippen LogP contribution in [0.4, 0.5) is 5.69 Å². The minimum atomic E-state index is -1.57. The zero-order valence-corrected chi connectivity index (χ0v) is 19.4. The van der Waals surface area contributed by atoms with Crippen molar-refractivity contribution in [2.75, 3.05) is 4.90 Å². The van der Waals surface area contributed by atoms with E-state index in [2.05, 4.69) is 5.32 Å². The van der Waals surface area contributed by atoms with Crippen LogP contribution in [0.2, 0.25) is 10.0 Å². The van der Waals surface area contributed by atoms with Gasteiger partial charge in [0.2, 0.25) is 11.8 Å². The van der Waals surface area contributed by atoms with E-state index >= 15 is 0 Å². The number of carbonyl (C=O) groups is 3. The van der Waals surface area contributed by atoms with Gasteiger partial charge >= 0.3 is 5.97 Å². The van der Waals surface area contributed by atoms with Gasteiger partial charge in [0.05, 0.1) is 22.5 Å². The van der Waals surface area contributed by atoms with Gasteiger partial charge in [-0.2, -0.15) is 0 Å². The van der Waals surface area contributed by atoms with Crippen LogP contribution in [0.15, 0.2) is 42.5 Å². The molecule has 168 valence electrons. The molecule has 0 saturated carbocycles. The summed E-state index contributed by atoms with van der Waals surface area (Å²) in [6.07, 6.45) is 0.201. The highest BCUT2D eigenvalue weighted by molar-refractivity contribution is 6.38. The third kappa shape index (κ3) is 3.51. The lowest BCUT2D eigenvalue weighted by atomic mass is 9.75. The summed E-state index contributed by atoms with van der Waals surface area (Å²) in [6.45, 7) is 5.74. The number of hydrogen-bond donors (Lipinski definition) is 2. The van der Waals surface area contributed by atoms with Gasteiger partial charge < -0.3 is 5.11 Å². The second kappa shape index (κ2) is 8.18. The van der Waals surface area contributed by atoms with Crippen molar-refractivity contribution in [2.24, 2.45) is 17.8 Å². The van der Waals surface area contributed by atoms with Gasteiger partial charge in [-0.15, -0.1) is 0 Å². The Bertz CT molecular complexity index is 1100. The number of aryl methyl sites for hydroxylation is 1. The molecule has 2 aliphatic heterocycles. The molecule has 2 amide bonds. The Morgan fingerprint density at radius 1 is 1.12 bits per heavy atom. The standard InChI is InChI=1S/C24H24Cl2N2O4/c1-12(2)11-24(23(31)32)19-18(20(27-24)14-6-4-13(3)5-7-14)21(29)28(22(19)30)17-9-8-15(25)10-16(17)26/h4-10,12,18-20,27H,11H2,1-3H3,(H,31,32)/t18-,19-,20-,24-/m0/s1. The van der Waals surface area contributed by atoms with Crippen molar-refractivity contribution in [3.63, 3.8) is 0 Å². The number of aliphatic carboxylic acids is 1. The van der Waals surface area contributed by atoms with Crippen molar-refractivity contribution < 1.29 is 19.5 Å². The Morgan fingerprint density at radius 3 is 2.34 bits per heavy atom. The number of carboxylic acid groups (broad SMARTS) is 1. The molecule has 2 heterocycles. The molecular formula is C24H24Cl2N2O4. The first-order valence-electron chi connectivity index (χ1n) is 10.5. The van der Waals surface area contributed by atoms with E-state index in [4.69, 9.17) is 23.2 Å². The van der Waals surface area contributed by atoms with E-state index in [1.165, 1.54) is 12.1 Å². The lowest BCUT2D eigenvalue weighted by Crippen LogP contribution is -2.56. The first-order valence-corrected chi connectivity index (χ1v) is 11.2. The fraction of sp³-hybridized carbons (Fsp3) is 0.375. The van der Waals surface area contributed by atoms with Crippen LogP contribution in [0.1, 0.15) is 37.4 Å².